The molecule has 0 N–H and O–H groups in total. The summed E-state index contributed by atoms with van der Waals surface area (Å²) in [5.41, 5.74) is 0.0963. The van der Waals surface area contributed by atoms with Crippen LogP contribution in [0, 0.1) is 11.8 Å². The predicted molar refractivity (Wildman–Crippen MR) is 81.3 cm³/mol. The molecule has 4 heteroatoms. The van der Waals surface area contributed by atoms with Crippen molar-refractivity contribution in [2.45, 2.75) is 20.3 Å². The van der Waals surface area contributed by atoms with Crippen molar-refractivity contribution in [2.75, 3.05) is 13.1 Å². The average Bonchev–Trinajstić information content (AvgIpc) is 2.44. The summed E-state index contributed by atoms with van der Waals surface area (Å²) in [7, 11) is 0. The van der Waals surface area contributed by atoms with Crippen molar-refractivity contribution in [3.8, 4) is 0 Å². The quantitative estimate of drug-likeness (QED) is 0.757. The Morgan fingerprint density at radius 2 is 1.86 bits per heavy atom. The number of amides is 1. The van der Waals surface area contributed by atoms with Gasteiger partial charge in [-0.1, -0.05) is 32.0 Å². The molecule has 1 saturated heterocycles. The van der Waals surface area contributed by atoms with E-state index in [0.29, 0.717) is 30.5 Å². The van der Waals surface area contributed by atoms with Crippen molar-refractivity contribution in [1.29, 1.82) is 0 Å². The van der Waals surface area contributed by atoms with E-state index in [2.05, 4.69) is 13.8 Å². The number of nitrogens with zero attached hydrogens (tertiary/aromatic N) is 1. The molecule has 3 rings (SSSR count). The fourth-order valence-electron chi connectivity index (χ4n) is 3.21. The number of para-hydroxylation sites is 1. The monoisotopic (exact) mass is 285 g/mol. The fraction of sp³-hybridized carbons (Fsp3) is 0.412. The lowest BCUT2D eigenvalue weighted by Gasteiger charge is -2.34. The fourth-order valence-corrected chi connectivity index (χ4v) is 3.21. The van der Waals surface area contributed by atoms with E-state index in [4.69, 9.17) is 4.42 Å². The van der Waals surface area contributed by atoms with Gasteiger partial charge in [0.2, 0.25) is 0 Å². The number of benzene rings is 1. The van der Waals surface area contributed by atoms with Gasteiger partial charge >= 0.3 is 5.63 Å². The minimum atomic E-state index is -0.551. The zero-order valence-corrected chi connectivity index (χ0v) is 12.3. The zero-order valence-electron chi connectivity index (χ0n) is 12.3. The zero-order chi connectivity index (χ0) is 15.0. The second kappa shape index (κ2) is 5.35. The van der Waals surface area contributed by atoms with Gasteiger partial charge < -0.3 is 9.32 Å². The summed E-state index contributed by atoms with van der Waals surface area (Å²) in [5, 5.41) is 0.776. The van der Waals surface area contributed by atoms with Crippen LogP contribution in [0.25, 0.3) is 11.0 Å². The van der Waals surface area contributed by atoms with Crippen LogP contribution in [0.5, 0.6) is 0 Å². The summed E-state index contributed by atoms with van der Waals surface area (Å²) >= 11 is 0. The lowest BCUT2D eigenvalue weighted by Crippen LogP contribution is -2.43. The van der Waals surface area contributed by atoms with E-state index in [9.17, 15) is 9.59 Å². The minimum absolute atomic E-state index is 0.134. The molecular weight excluding hydrogens is 266 g/mol. The lowest BCUT2D eigenvalue weighted by molar-refractivity contribution is 0.0619. The first-order valence-corrected chi connectivity index (χ1v) is 7.36. The van der Waals surface area contributed by atoms with Crippen molar-refractivity contribution in [2.24, 2.45) is 11.8 Å². The Labute approximate surface area is 123 Å². The molecule has 1 aromatic carbocycles. The maximum absolute atomic E-state index is 12.6. The Hall–Kier alpha value is -2.10. The molecule has 0 bridgehead atoms. The van der Waals surface area contributed by atoms with Crippen LogP contribution in [0.15, 0.2) is 39.5 Å². The Kier molecular flexibility index (Phi) is 3.53. The number of hydrogen-bond donors (Lipinski definition) is 0. The van der Waals surface area contributed by atoms with Gasteiger partial charge in [-0.3, -0.25) is 4.79 Å². The van der Waals surface area contributed by atoms with Crippen LogP contribution in [-0.4, -0.2) is 23.9 Å². The number of carbonyl (C=O) groups is 1. The summed E-state index contributed by atoms with van der Waals surface area (Å²) in [6.07, 6.45) is 1.12. The second-order valence-corrected chi connectivity index (χ2v) is 6.14. The molecule has 2 aromatic rings. The normalized spacial score (nSPS) is 22.5. The van der Waals surface area contributed by atoms with E-state index in [1.54, 1.807) is 23.1 Å². The van der Waals surface area contributed by atoms with Crippen LogP contribution < -0.4 is 5.63 Å². The van der Waals surface area contributed by atoms with Crippen molar-refractivity contribution in [3.63, 3.8) is 0 Å². The Morgan fingerprint density at radius 3 is 2.57 bits per heavy atom. The summed E-state index contributed by atoms with van der Waals surface area (Å²) in [6.45, 7) is 5.68. The SMILES string of the molecule is C[C@@H]1C[C@@H](C)CN(C(=O)c2cc3ccccc3oc2=O)C1. The number of carbonyl (C=O) groups excluding carboxylic acids is 1. The van der Waals surface area contributed by atoms with Crippen LogP contribution in [0.2, 0.25) is 0 Å². The largest absolute Gasteiger partial charge is 0.422 e. The first kappa shape index (κ1) is 13.9. The molecule has 0 spiro atoms. The number of fused-ring (bicyclic) bond motifs is 1. The minimum Gasteiger partial charge on any atom is -0.422 e. The van der Waals surface area contributed by atoms with E-state index >= 15 is 0 Å². The molecular formula is C17H19NO3. The third-order valence-electron chi connectivity index (χ3n) is 4.03. The lowest BCUT2D eigenvalue weighted by atomic mass is 9.91. The van der Waals surface area contributed by atoms with Crippen LogP contribution in [0.4, 0.5) is 0 Å². The van der Waals surface area contributed by atoms with Crippen molar-refractivity contribution >= 4 is 16.9 Å². The Morgan fingerprint density at radius 1 is 1.19 bits per heavy atom. The molecule has 110 valence electrons. The summed E-state index contributed by atoms with van der Waals surface area (Å²) in [4.78, 5) is 26.5. The predicted octanol–water partition coefficient (Wildman–Crippen LogP) is 2.91. The molecule has 0 radical (unpaired) electrons. The molecule has 2 atom stereocenters. The van der Waals surface area contributed by atoms with Gasteiger partial charge in [0, 0.05) is 18.5 Å². The van der Waals surface area contributed by atoms with E-state index in [1.165, 1.54) is 0 Å². The Bertz CT molecular complexity index is 724. The summed E-state index contributed by atoms with van der Waals surface area (Å²) < 4.78 is 5.26. The molecule has 1 aliphatic rings. The summed E-state index contributed by atoms with van der Waals surface area (Å²) in [6, 6.07) is 8.89. The van der Waals surface area contributed by atoms with Gasteiger partial charge in [-0.2, -0.15) is 0 Å². The third-order valence-corrected chi connectivity index (χ3v) is 4.03. The number of hydrogen-bond acceptors (Lipinski definition) is 3. The first-order chi connectivity index (χ1) is 10.0. The van der Waals surface area contributed by atoms with Gasteiger partial charge in [0.05, 0.1) is 0 Å². The molecule has 1 aliphatic heterocycles. The maximum atomic E-state index is 12.6. The average molecular weight is 285 g/mol. The first-order valence-electron chi connectivity index (χ1n) is 7.36. The molecule has 1 amide bonds. The second-order valence-electron chi connectivity index (χ2n) is 6.14. The van der Waals surface area contributed by atoms with E-state index < -0.39 is 5.63 Å². The molecule has 0 saturated carbocycles. The number of rotatable bonds is 1. The molecule has 2 heterocycles. The molecule has 1 aromatic heterocycles. The standard InChI is InChI=1S/C17H19NO3/c1-11-7-12(2)10-18(9-11)16(19)14-8-13-5-3-4-6-15(13)21-17(14)20/h3-6,8,11-12H,7,9-10H2,1-2H3/t11-,12-/m1/s1. The van der Waals surface area contributed by atoms with Gasteiger partial charge in [-0.25, -0.2) is 4.79 Å². The topological polar surface area (TPSA) is 50.5 Å². The molecule has 1 fully saturated rings. The van der Waals surface area contributed by atoms with Crippen molar-refractivity contribution < 1.29 is 9.21 Å². The number of likely N-dealkylation sites (tertiary alicyclic amines) is 1. The maximum Gasteiger partial charge on any atom is 0.349 e. The highest BCUT2D eigenvalue weighted by molar-refractivity contribution is 5.96. The highest BCUT2D eigenvalue weighted by Gasteiger charge is 2.28. The van der Waals surface area contributed by atoms with E-state index in [1.807, 2.05) is 12.1 Å². The van der Waals surface area contributed by atoms with Gasteiger partial charge in [-0.15, -0.1) is 0 Å². The molecule has 0 aliphatic carbocycles. The molecule has 0 unspecified atom stereocenters. The van der Waals surface area contributed by atoms with Gasteiger partial charge in [0.25, 0.3) is 5.91 Å². The summed E-state index contributed by atoms with van der Waals surface area (Å²) in [5.74, 6) is 0.711. The van der Waals surface area contributed by atoms with Gasteiger partial charge in [-0.05, 0) is 30.4 Å². The van der Waals surface area contributed by atoms with Crippen LogP contribution in [0.1, 0.15) is 30.6 Å². The highest BCUT2D eigenvalue weighted by Crippen LogP contribution is 2.22. The van der Waals surface area contributed by atoms with Gasteiger partial charge in [0.1, 0.15) is 11.1 Å². The smallest absolute Gasteiger partial charge is 0.349 e. The van der Waals surface area contributed by atoms with Gasteiger partial charge in [0.15, 0.2) is 0 Å². The van der Waals surface area contributed by atoms with Crippen molar-refractivity contribution in [3.05, 3.63) is 46.3 Å². The Balaban J connectivity index is 1.97. The van der Waals surface area contributed by atoms with Crippen LogP contribution >= 0.6 is 0 Å². The third kappa shape index (κ3) is 2.71. The molecule has 21 heavy (non-hydrogen) atoms. The van der Waals surface area contributed by atoms with Crippen molar-refractivity contribution in [1.82, 2.24) is 4.90 Å². The van der Waals surface area contributed by atoms with E-state index in [-0.39, 0.29) is 11.5 Å². The highest BCUT2D eigenvalue weighted by atomic mass is 16.4. The van der Waals surface area contributed by atoms with E-state index in [0.717, 1.165) is 11.8 Å². The molecule has 4 nitrogen and oxygen atoms in total. The van der Waals surface area contributed by atoms with Crippen LogP contribution in [-0.2, 0) is 0 Å². The number of piperidine rings is 1. The van der Waals surface area contributed by atoms with Crippen LogP contribution in [0.3, 0.4) is 0 Å².